The van der Waals surface area contributed by atoms with Crippen LogP contribution in [0, 0.1) is 0 Å². The molecule has 3 nitrogen and oxygen atoms in total. The van der Waals surface area contributed by atoms with Gasteiger partial charge in [-0.05, 0) is 42.4 Å². The summed E-state index contributed by atoms with van der Waals surface area (Å²) < 4.78 is 5.27. The second-order valence-electron chi connectivity index (χ2n) is 5.66. The summed E-state index contributed by atoms with van der Waals surface area (Å²) >= 11 is 1.66. The van der Waals surface area contributed by atoms with E-state index in [-0.39, 0.29) is 0 Å². The predicted octanol–water partition coefficient (Wildman–Crippen LogP) is 4.53. The second-order valence-corrected chi connectivity index (χ2v) is 6.77. The lowest BCUT2D eigenvalue weighted by molar-refractivity contribution is 0.0697. The monoisotopic (exact) mass is 316 g/mol. The molecule has 0 radical (unpaired) electrons. The van der Waals surface area contributed by atoms with Crippen LogP contribution in [0.15, 0.2) is 24.3 Å². The number of carboxylic acid groups (broad SMARTS) is 1. The molecular formula is C18H20O3S. The third-order valence-electron chi connectivity index (χ3n) is 4.20. The van der Waals surface area contributed by atoms with Crippen molar-refractivity contribution in [3.8, 4) is 10.4 Å². The maximum Gasteiger partial charge on any atom is 0.337 e. The first-order valence-corrected chi connectivity index (χ1v) is 8.49. The number of hydrogen-bond acceptors (Lipinski definition) is 3. The van der Waals surface area contributed by atoms with Crippen molar-refractivity contribution in [2.75, 3.05) is 7.11 Å². The van der Waals surface area contributed by atoms with Crippen LogP contribution in [0.25, 0.3) is 10.4 Å². The Morgan fingerprint density at radius 2 is 2.00 bits per heavy atom. The molecule has 22 heavy (non-hydrogen) atoms. The maximum absolute atomic E-state index is 11.9. The van der Waals surface area contributed by atoms with E-state index in [1.165, 1.54) is 11.3 Å². The molecule has 0 spiro atoms. The highest BCUT2D eigenvalue weighted by Crippen LogP contribution is 2.41. The molecule has 0 bridgehead atoms. The summed E-state index contributed by atoms with van der Waals surface area (Å²) in [6.45, 7) is 0.498. The fraction of sp³-hybridized carbons (Fsp3) is 0.389. The third kappa shape index (κ3) is 2.81. The molecule has 0 saturated carbocycles. The zero-order chi connectivity index (χ0) is 15.5. The molecule has 1 aromatic heterocycles. The zero-order valence-corrected chi connectivity index (χ0v) is 13.5. The highest BCUT2D eigenvalue weighted by molar-refractivity contribution is 7.16. The first kappa shape index (κ1) is 15.3. The number of rotatable bonds is 4. The minimum absolute atomic E-state index is 0.498. The number of thiophene rings is 1. The van der Waals surface area contributed by atoms with Crippen molar-refractivity contribution in [2.24, 2.45) is 0 Å². The maximum atomic E-state index is 11.9. The molecule has 0 amide bonds. The SMILES string of the molecule is COCc1ccccc1-c1sc2c(c1C(=O)O)CCCCC2. The minimum Gasteiger partial charge on any atom is -0.478 e. The lowest BCUT2D eigenvalue weighted by Gasteiger charge is -2.09. The van der Waals surface area contributed by atoms with Gasteiger partial charge < -0.3 is 9.84 Å². The van der Waals surface area contributed by atoms with Crippen LogP contribution in [0.4, 0.5) is 0 Å². The van der Waals surface area contributed by atoms with Crippen LogP contribution in [0.1, 0.15) is 45.6 Å². The lowest BCUT2D eigenvalue weighted by atomic mass is 9.98. The number of hydrogen-bond donors (Lipinski definition) is 1. The van der Waals surface area contributed by atoms with E-state index in [1.807, 2.05) is 24.3 Å². The molecule has 1 aromatic carbocycles. The summed E-state index contributed by atoms with van der Waals surface area (Å²) in [7, 11) is 1.67. The van der Waals surface area contributed by atoms with Crippen LogP contribution in [-0.2, 0) is 24.2 Å². The number of aromatic carboxylic acids is 1. The van der Waals surface area contributed by atoms with Crippen LogP contribution < -0.4 is 0 Å². The molecule has 0 fully saturated rings. The molecule has 116 valence electrons. The number of carboxylic acids is 1. The molecule has 4 heteroatoms. The fourth-order valence-corrected chi connectivity index (χ4v) is 4.62. The van der Waals surface area contributed by atoms with E-state index in [2.05, 4.69) is 0 Å². The lowest BCUT2D eigenvalue weighted by Crippen LogP contribution is -2.03. The first-order chi connectivity index (χ1) is 10.7. The summed E-state index contributed by atoms with van der Waals surface area (Å²) in [6, 6.07) is 7.95. The van der Waals surface area contributed by atoms with Gasteiger partial charge in [-0.1, -0.05) is 30.7 Å². The summed E-state index contributed by atoms with van der Waals surface area (Å²) in [6.07, 6.45) is 5.33. The predicted molar refractivity (Wildman–Crippen MR) is 88.7 cm³/mol. The highest BCUT2D eigenvalue weighted by atomic mass is 32.1. The Bertz CT molecular complexity index is 688. The standard InChI is InChI=1S/C18H20O3S/c1-21-11-12-7-5-6-8-13(12)17-16(18(19)20)14-9-3-2-4-10-15(14)22-17/h5-8H,2-4,9-11H2,1H3,(H,19,20). The number of fused-ring (bicyclic) bond motifs is 1. The Morgan fingerprint density at radius 1 is 1.23 bits per heavy atom. The Labute approximate surface area is 134 Å². The van der Waals surface area contributed by atoms with Crippen molar-refractivity contribution in [2.45, 2.75) is 38.7 Å². The van der Waals surface area contributed by atoms with E-state index in [0.717, 1.165) is 47.3 Å². The normalized spacial score (nSPS) is 14.4. The van der Waals surface area contributed by atoms with Gasteiger partial charge in [-0.2, -0.15) is 0 Å². The van der Waals surface area contributed by atoms with Crippen molar-refractivity contribution >= 4 is 17.3 Å². The summed E-state index contributed by atoms with van der Waals surface area (Å²) in [4.78, 5) is 14.0. The van der Waals surface area contributed by atoms with Crippen molar-refractivity contribution in [1.82, 2.24) is 0 Å². The van der Waals surface area contributed by atoms with Gasteiger partial charge >= 0.3 is 5.97 Å². The van der Waals surface area contributed by atoms with Gasteiger partial charge in [0.15, 0.2) is 0 Å². The summed E-state index contributed by atoms with van der Waals surface area (Å²) in [5.74, 6) is -0.804. The van der Waals surface area contributed by atoms with Gasteiger partial charge in [0.25, 0.3) is 0 Å². The van der Waals surface area contributed by atoms with Gasteiger partial charge in [-0.25, -0.2) is 4.79 Å². The van der Waals surface area contributed by atoms with Crippen molar-refractivity contribution in [3.63, 3.8) is 0 Å². The van der Waals surface area contributed by atoms with Gasteiger partial charge in [0, 0.05) is 16.9 Å². The molecule has 1 N–H and O–H groups in total. The van der Waals surface area contributed by atoms with E-state index in [1.54, 1.807) is 18.4 Å². The average Bonchev–Trinajstić information content (AvgIpc) is 2.72. The molecule has 0 atom stereocenters. The molecule has 1 heterocycles. The Balaban J connectivity index is 2.17. The molecule has 3 rings (SSSR count). The number of benzene rings is 1. The Hall–Kier alpha value is -1.65. The molecule has 1 aliphatic carbocycles. The van der Waals surface area contributed by atoms with Gasteiger partial charge in [0.1, 0.15) is 0 Å². The number of methoxy groups -OCH3 is 1. The number of ether oxygens (including phenoxy) is 1. The zero-order valence-electron chi connectivity index (χ0n) is 12.7. The average molecular weight is 316 g/mol. The van der Waals surface area contributed by atoms with Crippen LogP contribution in [0.2, 0.25) is 0 Å². The van der Waals surface area contributed by atoms with Crippen LogP contribution in [0.5, 0.6) is 0 Å². The van der Waals surface area contributed by atoms with Crippen molar-refractivity contribution in [1.29, 1.82) is 0 Å². The van der Waals surface area contributed by atoms with Crippen molar-refractivity contribution < 1.29 is 14.6 Å². The van der Waals surface area contributed by atoms with E-state index < -0.39 is 5.97 Å². The quantitative estimate of drug-likeness (QED) is 0.843. The van der Waals surface area contributed by atoms with Crippen LogP contribution >= 0.6 is 11.3 Å². The van der Waals surface area contributed by atoms with E-state index in [0.29, 0.717) is 12.2 Å². The van der Waals surface area contributed by atoms with Crippen LogP contribution in [-0.4, -0.2) is 18.2 Å². The molecule has 0 saturated heterocycles. The van der Waals surface area contributed by atoms with Gasteiger partial charge in [-0.15, -0.1) is 11.3 Å². The molecular weight excluding hydrogens is 296 g/mol. The largest absolute Gasteiger partial charge is 0.478 e. The Kier molecular flexibility index (Phi) is 4.60. The molecule has 0 aliphatic heterocycles. The van der Waals surface area contributed by atoms with E-state index in [4.69, 9.17) is 4.74 Å². The fourth-order valence-electron chi connectivity index (χ4n) is 3.18. The Morgan fingerprint density at radius 3 is 2.77 bits per heavy atom. The number of carbonyl (C=O) groups is 1. The minimum atomic E-state index is -0.804. The van der Waals surface area contributed by atoms with Gasteiger partial charge in [-0.3, -0.25) is 0 Å². The smallest absolute Gasteiger partial charge is 0.337 e. The van der Waals surface area contributed by atoms with Crippen molar-refractivity contribution in [3.05, 3.63) is 45.8 Å². The van der Waals surface area contributed by atoms with E-state index >= 15 is 0 Å². The number of aryl methyl sites for hydroxylation is 1. The summed E-state index contributed by atoms with van der Waals surface area (Å²) in [5, 5.41) is 9.76. The first-order valence-electron chi connectivity index (χ1n) is 7.67. The third-order valence-corrected chi connectivity index (χ3v) is 5.52. The molecule has 2 aromatic rings. The van der Waals surface area contributed by atoms with Crippen LogP contribution in [0.3, 0.4) is 0 Å². The highest BCUT2D eigenvalue weighted by Gasteiger charge is 2.25. The van der Waals surface area contributed by atoms with E-state index in [9.17, 15) is 9.90 Å². The summed E-state index contributed by atoms with van der Waals surface area (Å²) in [5.41, 5.74) is 3.63. The van der Waals surface area contributed by atoms with Gasteiger partial charge in [0.2, 0.25) is 0 Å². The molecule has 0 unspecified atom stereocenters. The molecule has 1 aliphatic rings. The van der Waals surface area contributed by atoms with Gasteiger partial charge in [0.05, 0.1) is 12.2 Å². The second kappa shape index (κ2) is 6.63. The topological polar surface area (TPSA) is 46.5 Å².